The first-order valence-corrected chi connectivity index (χ1v) is 10.6. The first-order chi connectivity index (χ1) is 15.4. The highest BCUT2D eigenvalue weighted by molar-refractivity contribution is 6.11. The second-order valence-corrected chi connectivity index (χ2v) is 7.59. The molecule has 0 radical (unpaired) electrons. The SMILES string of the molecule is C=C(/N=C(\C(F)=C/C)c1cccc(-n2ccc(C)cc2=O)c1)NC1CCCCC1.O=CO. The van der Waals surface area contributed by atoms with Gasteiger partial charge in [-0.25, -0.2) is 9.38 Å². The molecule has 0 atom stereocenters. The predicted octanol–water partition coefficient (Wildman–Crippen LogP) is 4.90. The van der Waals surface area contributed by atoms with E-state index in [2.05, 4.69) is 16.9 Å². The van der Waals surface area contributed by atoms with Gasteiger partial charge in [0.05, 0.1) is 0 Å². The number of nitrogens with zero attached hydrogens (tertiary/aromatic N) is 2. The molecule has 0 spiro atoms. The lowest BCUT2D eigenvalue weighted by Crippen LogP contribution is -2.29. The van der Waals surface area contributed by atoms with Crippen LogP contribution in [0.3, 0.4) is 0 Å². The van der Waals surface area contributed by atoms with E-state index in [-0.39, 0.29) is 17.7 Å². The number of rotatable bonds is 6. The lowest BCUT2D eigenvalue weighted by atomic mass is 9.96. The van der Waals surface area contributed by atoms with Crippen molar-refractivity contribution in [1.29, 1.82) is 0 Å². The lowest BCUT2D eigenvalue weighted by Gasteiger charge is -2.23. The zero-order valence-electron chi connectivity index (χ0n) is 18.6. The van der Waals surface area contributed by atoms with Gasteiger partial charge >= 0.3 is 0 Å². The number of benzene rings is 1. The molecule has 2 N–H and O–H groups in total. The maximum absolute atomic E-state index is 14.7. The topological polar surface area (TPSA) is 83.7 Å². The molecule has 1 aromatic carbocycles. The van der Waals surface area contributed by atoms with E-state index in [9.17, 15) is 9.18 Å². The Labute approximate surface area is 187 Å². The van der Waals surface area contributed by atoms with E-state index in [0.717, 1.165) is 18.4 Å². The van der Waals surface area contributed by atoms with Crippen LogP contribution in [0.25, 0.3) is 5.69 Å². The number of halogens is 1. The number of pyridine rings is 1. The lowest BCUT2D eigenvalue weighted by molar-refractivity contribution is -0.122. The van der Waals surface area contributed by atoms with E-state index in [1.807, 2.05) is 19.1 Å². The van der Waals surface area contributed by atoms with Crippen LogP contribution in [0.1, 0.15) is 50.2 Å². The number of hydrogen-bond donors (Lipinski definition) is 2. The Morgan fingerprint density at radius 2 is 1.94 bits per heavy atom. The summed E-state index contributed by atoms with van der Waals surface area (Å²) < 4.78 is 16.2. The van der Waals surface area contributed by atoms with Crippen molar-refractivity contribution in [2.45, 2.75) is 52.0 Å². The van der Waals surface area contributed by atoms with Crippen molar-refractivity contribution < 1.29 is 14.3 Å². The number of nitrogens with one attached hydrogen (secondary N) is 1. The van der Waals surface area contributed by atoms with Crippen LogP contribution in [-0.4, -0.2) is 27.9 Å². The van der Waals surface area contributed by atoms with Crippen LogP contribution < -0.4 is 10.9 Å². The molecule has 7 heteroatoms. The van der Waals surface area contributed by atoms with Gasteiger partial charge in [-0.2, -0.15) is 0 Å². The van der Waals surface area contributed by atoms with Crippen LogP contribution in [0, 0.1) is 6.92 Å². The molecule has 1 aromatic heterocycles. The van der Waals surface area contributed by atoms with Crippen LogP contribution >= 0.6 is 0 Å². The highest BCUT2D eigenvalue weighted by atomic mass is 19.1. The van der Waals surface area contributed by atoms with Gasteiger partial charge in [0.2, 0.25) is 0 Å². The van der Waals surface area contributed by atoms with E-state index >= 15 is 0 Å². The van der Waals surface area contributed by atoms with Gasteiger partial charge in [-0.05, 0) is 56.5 Å². The summed E-state index contributed by atoms with van der Waals surface area (Å²) in [6.45, 7) is 7.25. The highest BCUT2D eigenvalue weighted by Gasteiger charge is 2.15. The number of allylic oxidation sites excluding steroid dienone is 2. The Hall–Kier alpha value is -3.48. The zero-order chi connectivity index (χ0) is 23.5. The second kappa shape index (κ2) is 12.4. The van der Waals surface area contributed by atoms with E-state index in [4.69, 9.17) is 9.90 Å². The van der Waals surface area contributed by atoms with Crippen molar-refractivity contribution in [3.8, 4) is 5.69 Å². The normalized spacial score (nSPS) is 14.8. The smallest absolute Gasteiger partial charge is 0.290 e. The summed E-state index contributed by atoms with van der Waals surface area (Å²) in [6.07, 6.45) is 8.93. The third kappa shape index (κ3) is 7.04. The Balaban J connectivity index is 0.00000114. The quantitative estimate of drug-likeness (QED) is 0.495. The van der Waals surface area contributed by atoms with Gasteiger partial charge in [-0.15, -0.1) is 0 Å². The fourth-order valence-corrected chi connectivity index (χ4v) is 3.64. The molecule has 1 saturated carbocycles. The first-order valence-electron chi connectivity index (χ1n) is 10.6. The molecule has 0 saturated heterocycles. The van der Waals surface area contributed by atoms with Crippen molar-refractivity contribution in [3.63, 3.8) is 0 Å². The maximum atomic E-state index is 14.7. The Morgan fingerprint density at radius 3 is 2.56 bits per heavy atom. The largest absolute Gasteiger partial charge is 0.483 e. The Bertz CT molecular complexity index is 1050. The number of aryl methyl sites for hydroxylation is 1. The minimum atomic E-state index is -0.426. The molecule has 1 aliphatic rings. The van der Waals surface area contributed by atoms with E-state index in [0.29, 0.717) is 23.1 Å². The van der Waals surface area contributed by atoms with Gasteiger partial charge in [0, 0.05) is 29.6 Å². The summed E-state index contributed by atoms with van der Waals surface area (Å²) in [6, 6.07) is 11.0. The molecule has 0 aliphatic heterocycles. The number of hydrogen-bond acceptors (Lipinski definition) is 4. The molecular formula is C25H30FN3O3. The molecule has 0 bridgehead atoms. The van der Waals surface area contributed by atoms with E-state index < -0.39 is 5.83 Å². The summed E-state index contributed by atoms with van der Waals surface area (Å²) >= 11 is 0. The predicted molar refractivity (Wildman–Crippen MR) is 126 cm³/mol. The fraction of sp³-hybridized carbons (Fsp3) is 0.320. The van der Waals surface area contributed by atoms with E-state index in [1.54, 1.807) is 37.4 Å². The molecule has 2 aromatic rings. The standard InChI is InChI=1S/C24H28FN3O.CH2O2/c1-4-22(25)24(27-18(3)26-20-10-6-5-7-11-20)19-9-8-12-21(16-19)28-14-13-17(2)15-23(28)29;2-1-3/h4,8-9,12-16,20,26H,3,5-7,10-11H2,1-2H3;1H,(H,2,3)/b22-4+,27-24-;. The maximum Gasteiger partial charge on any atom is 0.290 e. The van der Waals surface area contributed by atoms with Crippen molar-refractivity contribution in [3.05, 3.63) is 88.4 Å². The van der Waals surface area contributed by atoms with Gasteiger partial charge in [-0.3, -0.25) is 14.2 Å². The van der Waals surface area contributed by atoms with Crippen LogP contribution in [0.5, 0.6) is 0 Å². The minimum absolute atomic E-state index is 0.129. The molecule has 1 fully saturated rings. The number of aromatic nitrogens is 1. The van der Waals surface area contributed by atoms with Gasteiger partial charge in [0.15, 0.2) is 0 Å². The van der Waals surface area contributed by atoms with Gasteiger partial charge in [0.1, 0.15) is 17.4 Å². The molecule has 6 nitrogen and oxygen atoms in total. The molecule has 0 unspecified atom stereocenters. The van der Waals surface area contributed by atoms with Gasteiger partial charge in [-0.1, -0.05) is 38.0 Å². The van der Waals surface area contributed by atoms with Crippen LogP contribution in [-0.2, 0) is 4.79 Å². The Kier molecular flexibility index (Phi) is 9.60. The zero-order valence-corrected chi connectivity index (χ0v) is 18.6. The van der Waals surface area contributed by atoms with Crippen molar-refractivity contribution in [2.24, 2.45) is 4.99 Å². The van der Waals surface area contributed by atoms with Crippen LogP contribution in [0.15, 0.2) is 76.7 Å². The Morgan fingerprint density at radius 1 is 1.25 bits per heavy atom. The summed E-state index contributed by atoms with van der Waals surface area (Å²) in [4.78, 5) is 25.2. The highest BCUT2D eigenvalue weighted by Crippen LogP contribution is 2.20. The molecule has 3 rings (SSSR count). The van der Waals surface area contributed by atoms with Crippen molar-refractivity contribution in [2.75, 3.05) is 0 Å². The number of carboxylic acid groups (broad SMARTS) is 1. The summed E-state index contributed by atoms with van der Waals surface area (Å²) in [5, 5.41) is 10.2. The first kappa shape index (κ1) is 24.8. The van der Waals surface area contributed by atoms with Crippen molar-refractivity contribution >= 4 is 12.2 Å². The molecular weight excluding hydrogens is 409 g/mol. The molecule has 1 aliphatic carbocycles. The molecule has 1 heterocycles. The van der Waals surface area contributed by atoms with Crippen LogP contribution in [0.4, 0.5) is 4.39 Å². The number of carbonyl (C=O) groups is 1. The average molecular weight is 440 g/mol. The monoisotopic (exact) mass is 439 g/mol. The average Bonchev–Trinajstić information content (AvgIpc) is 2.78. The van der Waals surface area contributed by atoms with Gasteiger partial charge < -0.3 is 10.4 Å². The fourth-order valence-electron chi connectivity index (χ4n) is 3.64. The van der Waals surface area contributed by atoms with Gasteiger partial charge in [0.25, 0.3) is 12.0 Å². The third-order valence-corrected chi connectivity index (χ3v) is 5.18. The molecule has 0 amide bonds. The van der Waals surface area contributed by atoms with Crippen molar-refractivity contribution in [1.82, 2.24) is 9.88 Å². The molecule has 170 valence electrons. The van der Waals surface area contributed by atoms with Crippen LogP contribution in [0.2, 0.25) is 0 Å². The summed E-state index contributed by atoms with van der Waals surface area (Å²) in [5.74, 6) is 0.0341. The summed E-state index contributed by atoms with van der Waals surface area (Å²) in [7, 11) is 0. The number of aliphatic imine (C=N–C) groups is 1. The summed E-state index contributed by atoms with van der Waals surface area (Å²) in [5.41, 5.74) is 2.24. The second-order valence-electron chi connectivity index (χ2n) is 7.59. The molecule has 32 heavy (non-hydrogen) atoms. The minimum Gasteiger partial charge on any atom is -0.483 e. The van der Waals surface area contributed by atoms with E-state index in [1.165, 1.54) is 29.9 Å². The third-order valence-electron chi connectivity index (χ3n) is 5.18.